The summed E-state index contributed by atoms with van der Waals surface area (Å²) >= 11 is 0. The van der Waals surface area contributed by atoms with Crippen molar-refractivity contribution in [2.24, 2.45) is 0 Å². The second-order valence-electron chi connectivity index (χ2n) is 6.06. The number of nitrogens with zero attached hydrogens (tertiary/aromatic N) is 2. The number of carbonyl (C=O) groups excluding carboxylic acids is 2. The van der Waals surface area contributed by atoms with E-state index in [-0.39, 0.29) is 30.9 Å². The van der Waals surface area contributed by atoms with Crippen molar-refractivity contribution in [1.82, 2.24) is 4.90 Å². The van der Waals surface area contributed by atoms with Gasteiger partial charge in [-0.3, -0.25) is 9.59 Å². The molecule has 1 amide bonds. The fraction of sp³-hybridized carbons (Fsp3) is 0.190. The summed E-state index contributed by atoms with van der Waals surface area (Å²) in [5.41, 5.74) is 3.29. The molecular formula is C21H18N2O3. The summed E-state index contributed by atoms with van der Waals surface area (Å²) in [6.07, 6.45) is 3.66. The van der Waals surface area contributed by atoms with Crippen LogP contribution in [0.2, 0.25) is 0 Å². The molecule has 0 radical (unpaired) electrons. The van der Waals surface area contributed by atoms with E-state index >= 15 is 0 Å². The maximum absolute atomic E-state index is 12.3. The third-order valence-electron chi connectivity index (χ3n) is 4.31. The lowest BCUT2D eigenvalue weighted by atomic mass is 9.94. The Morgan fingerprint density at radius 2 is 1.88 bits per heavy atom. The van der Waals surface area contributed by atoms with Gasteiger partial charge in [-0.1, -0.05) is 36.4 Å². The van der Waals surface area contributed by atoms with Gasteiger partial charge in [-0.05, 0) is 34.9 Å². The minimum Gasteiger partial charge on any atom is -0.461 e. The third kappa shape index (κ3) is 3.81. The van der Waals surface area contributed by atoms with E-state index in [9.17, 15) is 9.59 Å². The standard InChI is InChI=1S/C21H18N2O3/c1-15(24)23-11-10-18-4-2-3-5-19(18)20(23)12-21(25)26-14-17-8-6-16(13-22)7-9-17/h2-11,20H,12,14H2,1H3/t20-/m1/s1. The molecule has 26 heavy (non-hydrogen) atoms. The van der Waals surface area contributed by atoms with Crippen LogP contribution in [0.25, 0.3) is 6.08 Å². The van der Waals surface area contributed by atoms with Gasteiger partial charge in [0, 0.05) is 13.1 Å². The van der Waals surface area contributed by atoms with E-state index in [2.05, 4.69) is 0 Å². The van der Waals surface area contributed by atoms with Crippen molar-refractivity contribution < 1.29 is 14.3 Å². The van der Waals surface area contributed by atoms with Crippen molar-refractivity contribution in [2.45, 2.75) is 26.0 Å². The lowest BCUT2D eigenvalue weighted by Crippen LogP contribution is -2.32. The summed E-state index contributed by atoms with van der Waals surface area (Å²) in [7, 11) is 0. The molecule has 0 N–H and O–H groups in total. The summed E-state index contributed by atoms with van der Waals surface area (Å²) in [4.78, 5) is 25.8. The van der Waals surface area contributed by atoms with Crippen LogP contribution in [0, 0.1) is 11.3 Å². The Balaban J connectivity index is 1.69. The van der Waals surface area contributed by atoms with Crippen LogP contribution in [0.5, 0.6) is 0 Å². The van der Waals surface area contributed by atoms with E-state index in [1.807, 2.05) is 36.4 Å². The van der Waals surface area contributed by atoms with Crippen LogP contribution in [0.4, 0.5) is 0 Å². The van der Waals surface area contributed by atoms with Gasteiger partial charge in [-0.25, -0.2) is 0 Å². The summed E-state index contributed by atoms with van der Waals surface area (Å²) in [6, 6.07) is 16.3. The van der Waals surface area contributed by atoms with E-state index in [1.54, 1.807) is 35.4 Å². The molecule has 0 saturated carbocycles. The SMILES string of the molecule is CC(=O)N1C=Cc2ccccc2[C@H]1CC(=O)OCc1ccc(C#N)cc1. The lowest BCUT2D eigenvalue weighted by Gasteiger charge is -2.32. The molecule has 0 unspecified atom stereocenters. The number of nitriles is 1. The van der Waals surface area contributed by atoms with E-state index in [0.29, 0.717) is 5.56 Å². The second-order valence-corrected chi connectivity index (χ2v) is 6.06. The van der Waals surface area contributed by atoms with E-state index in [1.165, 1.54) is 6.92 Å². The molecule has 2 aromatic rings. The van der Waals surface area contributed by atoms with Crippen LogP contribution in [0.15, 0.2) is 54.7 Å². The predicted molar refractivity (Wildman–Crippen MR) is 96.3 cm³/mol. The largest absolute Gasteiger partial charge is 0.461 e. The van der Waals surface area contributed by atoms with Gasteiger partial charge in [-0.15, -0.1) is 0 Å². The van der Waals surface area contributed by atoms with Gasteiger partial charge in [0.15, 0.2) is 0 Å². The average molecular weight is 346 g/mol. The number of ether oxygens (including phenoxy) is 1. The molecule has 1 aliphatic rings. The van der Waals surface area contributed by atoms with E-state index in [0.717, 1.165) is 16.7 Å². The molecule has 0 aromatic heterocycles. The normalized spacial score (nSPS) is 15.1. The van der Waals surface area contributed by atoms with Crippen molar-refractivity contribution in [3.05, 3.63) is 77.0 Å². The number of amides is 1. The van der Waals surface area contributed by atoms with Gasteiger partial charge in [0.2, 0.25) is 5.91 Å². The molecule has 130 valence electrons. The number of hydrogen-bond acceptors (Lipinski definition) is 4. The molecule has 0 aliphatic carbocycles. The van der Waals surface area contributed by atoms with Gasteiger partial charge in [0.05, 0.1) is 24.1 Å². The van der Waals surface area contributed by atoms with Gasteiger partial charge >= 0.3 is 5.97 Å². The van der Waals surface area contributed by atoms with Crippen LogP contribution in [-0.2, 0) is 20.9 Å². The predicted octanol–water partition coefficient (Wildman–Crippen LogP) is 3.57. The number of rotatable bonds is 4. The highest BCUT2D eigenvalue weighted by Crippen LogP contribution is 2.33. The summed E-state index contributed by atoms with van der Waals surface area (Å²) in [5.74, 6) is -0.503. The van der Waals surface area contributed by atoms with Gasteiger partial charge in [0.25, 0.3) is 0 Å². The highest BCUT2D eigenvalue weighted by molar-refractivity contribution is 5.80. The first-order chi connectivity index (χ1) is 12.6. The number of carbonyl (C=O) groups is 2. The molecule has 2 aromatic carbocycles. The first-order valence-electron chi connectivity index (χ1n) is 8.29. The Bertz CT molecular complexity index is 894. The summed E-state index contributed by atoms with van der Waals surface area (Å²) in [6.45, 7) is 1.61. The Morgan fingerprint density at radius 1 is 1.15 bits per heavy atom. The topological polar surface area (TPSA) is 70.4 Å². The quantitative estimate of drug-likeness (QED) is 0.794. The number of fused-ring (bicyclic) bond motifs is 1. The van der Waals surface area contributed by atoms with Crippen LogP contribution < -0.4 is 0 Å². The maximum atomic E-state index is 12.3. The third-order valence-corrected chi connectivity index (χ3v) is 4.31. The summed E-state index contributed by atoms with van der Waals surface area (Å²) < 4.78 is 5.36. The fourth-order valence-electron chi connectivity index (χ4n) is 2.97. The average Bonchev–Trinajstić information content (AvgIpc) is 2.66. The zero-order chi connectivity index (χ0) is 18.5. The van der Waals surface area contributed by atoms with Crippen molar-refractivity contribution in [2.75, 3.05) is 0 Å². The Labute approximate surface area is 152 Å². The van der Waals surface area contributed by atoms with E-state index < -0.39 is 0 Å². The molecule has 1 aliphatic heterocycles. The van der Waals surface area contributed by atoms with Crippen molar-refractivity contribution in [3.63, 3.8) is 0 Å². The molecule has 0 bridgehead atoms. The first-order valence-corrected chi connectivity index (χ1v) is 8.29. The second kappa shape index (κ2) is 7.66. The van der Waals surface area contributed by atoms with Crippen LogP contribution in [0.1, 0.15) is 41.6 Å². The molecule has 1 heterocycles. The molecule has 1 atom stereocenters. The van der Waals surface area contributed by atoms with Crippen molar-refractivity contribution in [3.8, 4) is 6.07 Å². The zero-order valence-electron chi connectivity index (χ0n) is 14.4. The van der Waals surface area contributed by atoms with E-state index in [4.69, 9.17) is 10.00 Å². The van der Waals surface area contributed by atoms with Crippen molar-refractivity contribution >= 4 is 18.0 Å². The fourth-order valence-corrected chi connectivity index (χ4v) is 2.97. The smallest absolute Gasteiger partial charge is 0.308 e. The number of hydrogen-bond donors (Lipinski definition) is 0. The lowest BCUT2D eigenvalue weighted by molar-refractivity contribution is -0.146. The number of esters is 1. The zero-order valence-corrected chi connectivity index (χ0v) is 14.4. The summed E-state index contributed by atoms with van der Waals surface area (Å²) in [5, 5.41) is 8.81. The van der Waals surface area contributed by atoms with Gasteiger partial charge < -0.3 is 9.64 Å². The maximum Gasteiger partial charge on any atom is 0.308 e. The molecule has 0 saturated heterocycles. The van der Waals surface area contributed by atoms with Crippen LogP contribution in [0.3, 0.4) is 0 Å². The first kappa shape index (κ1) is 17.4. The Kier molecular flexibility index (Phi) is 5.14. The minimum atomic E-state index is -0.379. The molecule has 5 nitrogen and oxygen atoms in total. The minimum absolute atomic E-state index is 0.0806. The van der Waals surface area contributed by atoms with Gasteiger partial charge in [0.1, 0.15) is 6.61 Å². The molecule has 3 rings (SSSR count). The highest BCUT2D eigenvalue weighted by Gasteiger charge is 2.28. The Hall–Kier alpha value is -3.39. The monoisotopic (exact) mass is 346 g/mol. The van der Waals surface area contributed by atoms with Crippen LogP contribution >= 0.6 is 0 Å². The van der Waals surface area contributed by atoms with Gasteiger partial charge in [-0.2, -0.15) is 5.26 Å². The molecular weight excluding hydrogens is 328 g/mol. The van der Waals surface area contributed by atoms with Crippen molar-refractivity contribution in [1.29, 1.82) is 5.26 Å². The molecule has 0 spiro atoms. The molecule has 0 fully saturated rings. The molecule has 5 heteroatoms. The highest BCUT2D eigenvalue weighted by atomic mass is 16.5. The Morgan fingerprint density at radius 3 is 2.58 bits per heavy atom. The number of benzene rings is 2. The van der Waals surface area contributed by atoms with Crippen LogP contribution in [-0.4, -0.2) is 16.8 Å².